The molecule has 0 fully saturated rings. The SMILES string of the molecule is C=CCNC(=S)NN=Cc1ccc(OCCOc2ccc(CC=C)cc2OC)cc1. The van der Waals surface area contributed by atoms with Gasteiger partial charge in [-0.3, -0.25) is 5.43 Å². The van der Waals surface area contributed by atoms with Gasteiger partial charge < -0.3 is 19.5 Å². The molecule has 0 aliphatic rings. The van der Waals surface area contributed by atoms with Crippen LogP contribution in [0.2, 0.25) is 0 Å². The third kappa shape index (κ3) is 7.97. The minimum atomic E-state index is 0.402. The maximum Gasteiger partial charge on any atom is 0.187 e. The van der Waals surface area contributed by atoms with Crippen molar-refractivity contribution >= 4 is 23.5 Å². The van der Waals surface area contributed by atoms with E-state index >= 15 is 0 Å². The number of benzene rings is 2. The van der Waals surface area contributed by atoms with Crippen LogP contribution >= 0.6 is 12.2 Å². The maximum atomic E-state index is 5.78. The zero-order valence-corrected chi connectivity index (χ0v) is 17.9. The van der Waals surface area contributed by atoms with Gasteiger partial charge in [0.2, 0.25) is 0 Å². The van der Waals surface area contributed by atoms with Crippen LogP contribution in [0.4, 0.5) is 0 Å². The summed E-state index contributed by atoms with van der Waals surface area (Å²) in [4.78, 5) is 0. The highest BCUT2D eigenvalue weighted by Gasteiger charge is 2.05. The van der Waals surface area contributed by atoms with Crippen LogP contribution in [0.1, 0.15) is 11.1 Å². The van der Waals surface area contributed by atoms with E-state index in [2.05, 4.69) is 29.0 Å². The fourth-order valence-electron chi connectivity index (χ4n) is 2.46. The Hall–Kier alpha value is -3.32. The number of nitrogens with one attached hydrogen (secondary N) is 2. The van der Waals surface area contributed by atoms with E-state index in [0.717, 1.165) is 23.3 Å². The Labute approximate surface area is 183 Å². The van der Waals surface area contributed by atoms with Gasteiger partial charge in [0.25, 0.3) is 0 Å². The van der Waals surface area contributed by atoms with Gasteiger partial charge in [-0.25, -0.2) is 0 Å². The molecule has 0 heterocycles. The third-order valence-corrected chi connectivity index (χ3v) is 4.12. The fraction of sp³-hybridized carbons (Fsp3) is 0.217. The number of rotatable bonds is 12. The van der Waals surface area contributed by atoms with Crippen LogP contribution in [0.15, 0.2) is 72.9 Å². The molecule has 2 aromatic carbocycles. The largest absolute Gasteiger partial charge is 0.493 e. The number of thiocarbonyl (C=S) groups is 1. The molecule has 0 unspecified atom stereocenters. The Morgan fingerprint density at radius 1 is 1.03 bits per heavy atom. The molecule has 0 spiro atoms. The number of methoxy groups -OCH3 is 1. The molecule has 0 radical (unpaired) electrons. The van der Waals surface area contributed by atoms with E-state index in [1.54, 1.807) is 19.4 Å². The lowest BCUT2D eigenvalue weighted by atomic mass is 10.1. The molecule has 0 saturated carbocycles. The first-order chi connectivity index (χ1) is 14.7. The smallest absolute Gasteiger partial charge is 0.187 e. The normalized spacial score (nSPS) is 10.3. The van der Waals surface area contributed by atoms with E-state index in [9.17, 15) is 0 Å². The fourth-order valence-corrected chi connectivity index (χ4v) is 2.59. The summed E-state index contributed by atoms with van der Waals surface area (Å²) in [6.45, 7) is 8.76. The summed E-state index contributed by atoms with van der Waals surface area (Å²) in [5.74, 6) is 2.14. The van der Waals surface area contributed by atoms with Crippen molar-refractivity contribution in [2.45, 2.75) is 6.42 Å². The molecule has 6 nitrogen and oxygen atoms in total. The second-order valence-corrected chi connectivity index (χ2v) is 6.52. The Bertz CT molecular complexity index is 866. The van der Waals surface area contributed by atoms with Gasteiger partial charge in [-0.15, -0.1) is 13.2 Å². The lowest BCUT2D eigenvalue weighted by Crippen LogP contribution is -2.31. The summed E-state index contributed by atoms with van der Waals surface area (Å²) in [7, 11) is 1.63. The van der Waals surface area contributed by atoms with Gasteiger partial charge in [0, 0.05) is 6.54 Å². The highest BCUT2D eigenvalue weighted by atomic mass is 32.1. The predicted molar refractivity (Wildman–Crippen MR) is 126 cm³/mol. The van der Waals surface area contributed by atoms with E-state index < -0.39 is 0 Å². The summed E-state index contributed by atoms with van der Waals surface area (Å²) in [5.41, 5.74) is 4.78. The lowest BCUT2D eigenvalue weighted by Gasteiger charge is -2.12. The molecular formula is C23H27N3O3S. The van der Waals surface area contributed by atoms with Crippen LogP contribution in [0.3, 0.4) is 0 Å². The quantitative estimate of drug-likeness (QED) is 0.177. The third-order valence-electron chi connectivity index (χ3n) is 3.88. The molecule has 2 N–H and O–H groups in total. The molecular weight excluding hydrogens is 398 g/mol. The lowest BCUT2D eigenvalue weighted by molar-refractivity contribution is 0.211. The van der Waals surface area contributed by atoms with Crippen LogP contribution in [-0.2, 0) is 6.42 Å². The molecule has 0 aliphatic carbocycles. The molecule has 0 aromatic heterocycles. The van der Waals surface area contributed by atoms with Crippen LogP contribution in [0, 0.1) is 0 Å². The van der Waals surface area contributed by atoms with Crippen molar-refractivity contribution in [3.05, 3.63) is 78.9 Å². The topological polar surface area (TPSA) is 64.1 Å². The van der Waals surface area contributed by atoms with Crippen molar-refractivity contribution in [3.8, 4) is 17.2 Å². The summed E-state index contributed by atoms with van der Waals surface area (Å²) in [6, 6.07) is 13.4. The van der Waals surface area contributed by atoms with Gasteiger partial charge in [-0.1, -0.05) is 18.2 Å². The van der Waals surface area contributed by atoms with Crippen molar-refractivity contribution in [1.29, 1.82) is 0 Å². The van der Waals surface area contributed by atoms with E-state index in [-0.39, 0.29) is 0 Å². The average molecular weight is 426 g/mol. The standard InChI is InChI=1S/C23H27N3O3S/c1-4-6-18-9-12-21(22(16-18)27-3)29-15-14-28-20-10-7-19(8-11-20)17-25-26-23(30)24-13-5-2/h4-5,7-12,16-17H,1-2,6,13-15H2,3H3,(H2,24,26,30). The Morgan fingerprint density at radius 2 is 1.80 bits per heavy atom. The summed E-state index contributed by atoms with van der Waals surface area (Å²) < 4.78 is 16.9. The molecule has 0 amide bonds. The molecule has 158 valence electrons. The van der Waals surface area contributed by atoms with Crippen LogP contribution in [0.5, 0.6) is 17.2 Å². The average Bonchev–Trinajstić information content (AvgIpc) is 2.77. The van der Waals surface area contributed by atoms with Gasteiger partial charge in [0.15, 0.2) is 16.6 Å². The molecule has 2 aromatic rings. The number of hydrogen-bond donors (Lipinski definition) is 2. The molecule has 0 aliphatic heterocycles. The van der Waals surface area contributed by atoms with Crippen molar-refractivity contribution in [1.82, 2.24) is 10.7 Å². The minimum absolute atomic E-state index is 0.402. The van der Waals surface area contributed by atoms with Gasteiger partial charge in [0.1, 0.15) is 19.0 Å². The van der Waals surface area contributed by atoms with Crippen molar-refractivity contribution in [2.24, 2.45) is 5.10 Å². The van der Waals surface area contributed by atoms with Crippen LogP contribution < -0.4 is 25.0 Å². The summed E-state index contributed by atoms with van der Waals surface area (Å²) in [6.07, 6.45) is 6.04. The molecule has 30 heavy (non-hydrogen) atoms. The van der Waals surface area contributed by atoms with E-state index in [4.69, 9.17) is 26.4 Å². The number of hydrogen-bond acceptors (Lipinski definition) is 5. The van der Waals surface area contributed by atoms with E-state index in [0.29, 0.717) is 36.4 Å². The zero-order chi connectivity index (χ0) is 21.6. The van der Waals surface area contributed by atoms with E-state index in [1.807, 2.05) is 48.5 Å². The van der Waals surface area contributed by atoms with Crippen molar-refractivity contribution < 1.29 is 14.2 Å². The molecule has 0 bridgehead atoms. The zero-order valence-electron chi connectivity index (χ0n) is 17.1. The van der Waals surface area contributed by atoms with Gasteiger partial charge >= 0.3 is 0 Å². The number of hydrazone groups is 1. The first kappa shape index (κ1) is 23.0. The molecule has 0 saturated heterocycles. The highest BCUT2D eigenvalue weighted by Crippen LogP contribution is 2.28. The second-order valence-electron chi connectivity index (χ2n) is 6.11. The van der Waals surface area contributed by atoms with Gasteiger partial charge in [0.05, 0.1) is 13.3 Å². The first-order valence-corrected chi connectivity index (χ1v) is 9.88. The molecule has 0 atom stereocenters. The second kappa shape index (κ2) is 13.0. The Kier molecular flexibility index (Phi) is 9.96. The monoisotopic (exact) mass is 425 g/mol. The highest BCUT2D eigenvalue weighted by molar-refractivity contribution is 7.80. The minimum Gasteiger partial charge on any atom is -0.493 e. The first-order valence-electron chi connectivity index (χ1n) is 9.47. The van der Waals surface area contributed by atoms with Crippen molar-refractivity contribution in [3.63, 3.8) is 0 Å². The summed E-state index contributed by atoms with van der Waals surface area (Å²) >= 11 is 5.06. The van der Waals surface area contributed by atoms with E-state index in [1.165, 1.54) is 0 Å². The summed E-state index contributed by atoms with van der Waals surface area (Å²) in [5, 5.41) is 7.45. The Balaban J connectivity index is 1.76. The molecule has 2 rings (SSSR count). The number of nitrogens with zero attached hydrogens (tertiary/aromatic N) is 1. The van der Waals surface area contributed by atoms with Crippen LogP contribution in [0.25, 0.3) is 0 Å². The van der Waals surface area contributed by atoms with Crippen LogP contribution in [-0.4, -0.2) is 38.2 Å². The Morgan fingerprint density at radius 3 is 2.50 bits per heavy atom. The van der Waals surface area contributed by atoms with Crippen molar-refractivity contribution in [2.75, 3.05) is 26.9 Å². The predicted octanol–water partition coefficient (Wildman–Crippen LogP) is 3.87. The molecule has 7 heteroatoms. The van der Waals surface area contributed by atoms with Gasteiger partial charge in [-0.05, 0) is 66.2 Å². The van der Waals surface area contributed by atoms with Gasteiger partial charge in [-0.2, -0.15) is 5.10 Å². The number of allylic oxidation sites excluding steroid dienone is 1. The maximum absolute atomic E-state index is 5.78. The number of ether oxygens (including phenoxy) is 3.